The molecule has 274 valence electrons. The summed E-state index contributed by atoms with van der Waals surface area (Å²) in [5.74, 6) is -3.38. The van der Waals surface area contributed by atoms with Crippen molar-refractivity contribution >= 4 is 33.8 Å². The highest BCUT2D eigenvalue weighted by molar-refractivity contribution is 6.08. The summed E-state index contributed by atoms with van der Waals surface area (Å²) in [4.78, 5) is 41.2. The molecular formula is C37H37NO14. The molecule has 8 rings (SSSR count). The van der Waals surface area contributed by atoms with Crippen molar-refractivity contribution in [3.05, 3.63) is 56.7 Å². The van der Waals surface area contributed by atoms with E-state index in [1.807, 2.05) is 0 Å². The van der Waals surface area contributed by atoms with Crippen LogP contribution in [0.15, 0.2) is 33.5 Å². The Bertz CT molecular complexity index is 2250. The molecule has 1 aromatic heterocycles. The van der Waals surface area contributed by atoms with Gasteiger partial charge < -0.3 is 53.3 Å². The zero-order chi connectivity index (χ0) is 37.0. The minimum atomic E-state index is -1.27. The van der Waals surface area contributed by atoms with E-state index in [1.54, 1.807) is 32.0 Å². The fraction of sp³-hybridized carbons (Fsp3) is 0.432. The number of nitrogens with zero attached hydrogens (tertiary/aromatic N) is 1. The maximum atomic E-state index is 14.2. The standard InChI is InChI=1S/C37H37NO14/c1-14-29(46-3)32(47-4)33(48-5)36(50-14)51-20-8-6-7-18-25(39)24-28(42)23-17(26(40)31(24)52-30(18)20)10-9-15-11-16-12-37(2)38(19(13-49-37)35(44)45)34(43)22(16)27(41)21(15)23/h6-8,11,14,19,29,32-33,36,40-42H,9-10,12-13H2,1-5H3,(H,44,45). The van der Waals surface area contributed by atoms with Gasteiger partial charge in [0.15, 0.2) is 28.7 Å². The van der Waals surface area contributed by atoms with Gasteiger partial charge in [-0.1, -0.05) is 12.1 Å². The van der Waals surface area contributed by atoms with Gasteiger partial charge in [0.2, 0.25) is 11.7 Å². The van der Waals surface area contributed by atoms with Crippen LogP contribution in [0.2, 0.25) is 0 Å². The number of rotatable bonds is 6. The number of carboxylic acids is 1. The maximum Gasteiger partial charge on any atom is 0.328 e. The highest BCUT2D eigenvalue weighted by Gasteiger charge is 2.54. The molecule has 4 aromatic rings. The molecule has 15 heteroatoms. The molecule has 4 aliphatic rings. The minimum Gasteiger partial charge on any atom is -0.506 e. The number of amides is 1. The summed E-state index contributed by atoms with van der Waals surface area (Å²) in [6.07, 6.45) is -2.65. The number of carboxylic acid groups (broad SMARTS) is 1. The number of aromatic hydroxyl groups is 3. The van der Waals surface area contributed by atoms with Gasteiger partial charge >= 0.3 is 5.97 Å². The van der Waals surface area contributed by atoms with Gasteiger partial charge in [0.25, 0.3) is 5.91 Å². The van der Waals surface area contributed by atoms with Crippen LogP contribution in [-0.2, 0) is 47.7 Å². The number of hydrogen-bond acceptors (Lipinski definition) is 13. The number of methoxy groups -OCH3 is 3. The lowest BCUT2D eigenvalue weighted by molar-refractivity contribution is -0.282. The maximum absolute atomic E-state index is 14.2. The first kappa shape index (κ1) is 34.2. The number of carbonyl (C=O) groups excluding carboxylic acids is 1. The van der Waals surface area contributed by atoms with Crippen molar-refractivity contribution in [1.82, 2.24) is 4.90 Å². The second-order valence-corrected chi connectivity index (χ2v) is 13.7. The summed E-state index contributed by atoms with van der Waals surface area (Å²) in [6.45, 7) is 3.22. The van der Waals surface area contributed by atoms with Gasteiger partial charge in [-0.3, -0.25) is 14.5 Å². The summed E-state index contributed by atoms with van der Waals surface area (Å²) >= 11 is 0. The van der Waals surface area contributed by atoms with Crippen LogP contribution in [0.5, 0.6) is 23.0 Å². The number of aliphatic carboxylic acids is 1. The van der Waals surface area contributed by atoms with Crippen LogP contribution in [0, 0.1) is 0 Å². The Labute approximate surface area is 295 Å². The molecule has 1 amide bonds. The largest absolute Gasteiger partial charge is 0.506 e. The molecule has 2 saturated heterocycles. The predicted molar refractivity (Wildman–Crippen MR) is 181 cm³/mol. The quantitative estimate of drug-likeness (QED) is 0.167. The Kier molecular flexibility index (Phi) is 7.93. The van der Waals surface area contributed by atoms with Crippen molar-refractivity contribution in [2.75, 3.05) is 27.9 Å². The van der Waals surface area contributed by atoms with E-state index in [1.165, 1.54) is 27.4 Å². The number of para-hydroxylation sites is 1. The smallest absolute Gasteiger partial charge is 0.328 e. The number of phenolic OH excluding ortho intramolecular Hbond substituents is 3. The van der Waals surface area contributed by atoms with Crippen molar-refractivity contribution in [3.63, 3.8) is 0 Å². The lowest BCUT2D eigenvalue weighted by Gasteiger charge is -2.43. The summed E-state index contributed by atoms with van der Waals surface area (Å²) < 4.78 is 41.3. The predicted octanol–water partition coefficient (Wildman–Crippen LogP) is 3.20. The first-order valence-electron chi connectivity index (χ1n) is 16.8. The molecule has 4 heterocycles. The van der Waals surface area contributed by atoms with Crippen LogP contribution in [0.4, 0.5) is 0 Å². The van der Waals surface area contributed by atoms with Gasteiger partial charge in [-0.25, -0.2) is 4.79 Å². The van der Waals surface area contributed by atoms with Crippen molar-refractivity contribution in [2.24, 2.45) is 0 Å². The van der Waals surface area contributed by atoms with Crippen LogP contribution in [0.3, 0.4) is 0 Å². The Morgan fingerprint density at radius 2 is 1.63 bits per heavy atom. The summed E-state index contributed by atoms with van der Waals surface area (Å²) in [5, 5.41) is 44.8. The normalized spacial score (nSPS) is 28.0. The van der Waals surface area contributed by atoms with Gasteiger partial charge in [0, 0.05) is 44.4 Å². The third-order valence-corrected chi connectivity index (χ3v) is 10.9. The average molecular weight is 720 g/mol. The number of carbonyl (C=O) groups is 2. The molecule has 52 heavy (non-hydrogen) atoms. The number of phenols is 3. The molecule has 7 unspecified atom stereocenters. The van der Waals surface area contributed by atoms with Gasteiger partial charge in [-0.05, 0) is 49.9 Å². The molecular weight excluding hydrogens is 682 g/mol. The molecule has 0 bridgehead atoms. The fourth-order valence-electron chi connectivity index (χ4n) is 8.51. The molecule has 15 nitrogen and oxygen atoms in total. The molecule has 3 aromatic carbocycles. The van der Waals surface area contributed by atoms with E-state index >= 15 is 0 Å². The van der Waals surface area contributed by atoms with Crippen molar-refractivity contribution in [2.45, 2.75) is 75.6 Å². The summed E-state index contributed by atoms with van der Waals surface area (Å²) in [7, 11) is 4.54. The zero-order valence-electron chi connectivity index (χ0n) is 28.9. The summed E-state index contributed by atoms with van der Waals surface area (Å²) in [6, 6.07) is 5.07. The SMILES string of the molecule is COC1C(C)OC(Oc2cccc3c(=O)c4c(O)c5c(c(O)c4oc23)CCc2cc3c(c(O)c2-5)C(=O)N2C(C(=O)O)COC2(C)C3)C(OC)C1OC. The first-order chi connectivity index (χ1) is 24.8. The Balaban J connectivity index is 1.27. The number of hydrogen-bond donors (Lipinski definition) is 4. The van der Waals surface area contributed by atoms with Crippen LogP contribution < -0.4 is 10.2 Å². The van der Waals surface area contributed by atoms with Gasteiger partial charge in [0.1, 0.15) is 40.9 Å². The summed E-state index contributed by atoms with van der Waals surface area (Å²) in [5.41, 5.74) is -1.13. The van der Waals surface area contributed by atoms with Crippen molar-refractivity contribution < 1.29 is 62.9 Å². The average Bonchev–Trinajstić information content (AvgIpc) is 3.47. The van der Waals surface area contributed by atoms with Crippen LogP contribution in [0.1, 0.15) is 40.9 Å². The van der Waals surface area contributed by atoms with Gasteiger partial charge in [0.05, 0.1) is 23.7 Å². The van der Waals surface area contributed by atoms with E-state index in [9.17, 15) is 34.8 Å². The molecule has 4 N–H and O–H groups in total. The van der Waals surface area contributed by atoms with E-state index in [0.29, 0.717) is 17.5 Å². The monoisotopic (exact) mass is 719 g/mol. The fourth-order valence-corrected chi connectivity index (χ4v) is 8.51. The third-order valence-electron chi connectivity index (χ3n) is 10.9. The van der Waals surface area contributed by atoms with E-state index in [2.05, 4.69) is 0 Å². The molecule has 0 spiro atoms. The van der Waals surface area contributed by atoms with E-state index < -0.39 is 77.0 Å². The topological polar surface area (TPSA) is 204 Å². The molecule has 7 atom stereocenters. The van der Waals surface area contributed by atoms with Crippen molar-refractivity contribution in [1.29, 1.82) is 0 Å². The lowest BCUT2D eigenvalue weighted by Crippen LogP contribution is -2.60. The highest BCUT2D eigenvalue weighted by Crippen LogP contribution is 2.54. The van der Waals surface area contributed by atoms with Crippen LogP contribution >= 0.6 is 0 Å². The molecule has 0 radical (unpaired) electrons. The third kappa shape index (κ3) is 4.66. The number of benzene rings is 3. The second-order valence-electron chi connectivity index (χ2n) is 13.7. The van der Waals surface area contributed by atoms with Crippen molar-refractivity contribution in [3.8, 4) is 34.1 Å². The van der Waals surface area contributed by atoms with Gasteiger partial charge in [-0.2, -0.15) is 0 Å². The molecule has 1 aliphatic carbocycles. The van der Waals surface area contributed by atoms with Crippen LogP contribution in [0.25, 0.3) is 33.1 Å². The second kappa shape index (κ2) is 12.1. The Hall–Kier alpha value is -4.93. The Morgan fingerprint density at radius 1 is 0.904 bits per heavy atom. The van der Waals surface area contributed by atoms with E-state index in [0.717, 1.165) is 4.90 Å². The van der Waals surface area contributed by atoms with E-state index in [-0.39, 0.29) is 69.4 Å². The lowest BCUT2D eigenvalue weighted by atomic mass is 9.78. The van der Waals surface area contributed by atoms with Gasteiger partial charge in [-0.15, -0.1) is 0 Å². The zero-order valence-corrected chi connectivity index (χ0v) is 28.9. The molecule has 3 aliphatic heterocycles. The molecule has 0 saturated carbocycles. The van der Waals surface area contributed by atoms with E-state index in [4.69, 9.17) is 32.8 Å². The van der Waals surface area contributed by atoms with Crippen LogP contribution in [-0.4, -0.2) is 108 Å². The number of aryl methyl sites for hydroxylation is 1. The molecule has 2 fully saturated rings. The number of fused-ring (bicyclic) bond motifs is 7. The minimum absolute atomic E-state index is 0.0180. The number of ether oxygens (including phenoxy) is 6. The first-order valence-corrected chi connectivity index (χ1v) is 16.8. The highest BCUT2D eigenvalue weighted by atomic mass is 16.7. The Morgan fingerprint density at radius 3 is 2.33 bits per heavy atom.